The van der Waals surface area contributed by atoms with E-state index in [0.717, 1.165) is 6.42 Å². The number of rotatable bonds is 2. The molecule has 0 unspecified atom stereocenters. The van der Waals surface area contributed by atoms with Gasteiger partial charge in [-0.15, -0.1) is 0 Å². The lowest BCUT2D eigenvalue weighted by Gasteiger charge is -2.20. The molecule has 21 heavy (non-hydrogen) atoms. The summed E-state index contributed by atoms with van der Waals surface area (Å²) >= 11 is 6.04. The highest BCUT2D eigenvalue weighted by Gasteiger charge is 2.33. The number of benzene rings is 1. The van der Waals surface area contributed by atoms with Crippen LogP contribution in [0.5, 0.6) is 0 Å². The van der Waals surface area contributed by atoms with Gasteiger partial charge in [-0.2, -0.15) is 0 Å². The summed E-state index contributed by atoms with van der Waals surface area (Å²) in [6.45, 7) is 7.04. The molecule has 0 radical (unpaired) electrons. The summed E-state index contributed by atoms with van der Waals surface area (Å²) in [5.74, 6) is -0.218. The molecule has 0 bridgehead atoms. The maximum Gasteiger partial charge on any atom is 0.261 e. The van der Waals surface area contributed by atoms with E-state index >= 15 is 0 Å². The molecule has 1 saturated heterocycles. The second-order valence-corrected chi connectivity index (χ2v) is 9.10. The van der Waals surface area contributed by atoms with Crippen LogP contribution in [0, 0.1) is 12.3 Å². The minimum atomic E-state index is -3.94. The Bertz CT molecular complexity index is 698. The van der Waals surface area contributed by atoms with E-state index in [2.05, 4.69) is 13.8 Å². The number of hydrogen-bond donors (Lipinski definition) is 0. The van der Waals surface area contributed by atoms with Crippen LogP contribution >= 0.6 is 22.3 Å². The zero-order valence-electron chi connectivity index (χ0n) is 12.1. The van der Waals surface area contributed by atoms with Crippen molar-refractivity contribution in [3.8, 4) is 0 Å². The largest absolute Gasteiger partial charge is 0.338 e. The molecule has 4 nitrogen and oxygen atoms in total. The zero-order valence-corrected chi connectivity index (χ0v) is 14.4. The summed E-state index contributed by atoms with van der Waals surface area (Å²) in [6.07, 6.45) is 0.916. The number of hydrogen-bond acceptors (Lipinski definition) is 3. The Hall–Kier alpha value is -0.780. The molecular formula is C14H17Cl2NO3S. The Morgan fingerprint density at radius 1 is 1.33 bits per heavy atom. The third kappa shape index (κ3) is 3.52. The molecule has 0 atom stereocenters. The highest BCUT2D eigenvalue weighted by atomic mass is 35.7. The summed E-state index contributed by atoms with van der Waals surface area (Å²) in [5.41, 5.74) is 0.679. The first-order valence-electron chi connectivity index (χ1n) is 6.55. The minimum Gasteiger partial charge on any atom is -0.338 e. The molecule has 1 amide bonds. The maximum absolute atomic E-state index is 12.5. The van der Waals surface area contributed by atoms with Crippen LogP contribution in [0.4, 0.5) is 0 Å². The number of carbonyl (C=O) groups excluding carboxylic acids is 1. The van der Waals surface area contributed by atoms with Crippen LogP contribution in [-0.2, 0) is 9.05 Å². The Morgan fingerprint density at radius 3 is 2.43 bits per heavy atom. The normalized spacial score (nSPS) is 18.0. The average molecular weight is 350 g/mol. The van der Waals surface area contributed by atoms with Gasteiger partial charge in [0.1, 0.15) is 0 Å². The molecule has 1 aromatic carbocycles. The SMILES string of the molecule is Cc1c(Cl)cc(C(=O)N2CCC(C)(C)C2)cc1S(=O)(=O)Cl. The van der Waals surface area contributed by atoms with E-state index in [4.69, 9.17) is 22.3 Å². The average Bonchev–Trinajstić information content (AvgIpc) is 2.70. The number of halogens is 2. The summed E-state index contributed by atoms with van der Waals surface area (Å²) in [7, 11) is 1.46. The van der Waals surface area contributed by atoms with E-state index in [1.807, 2.05) is 0 Å². The topological polar surface area (TPSA) is 54.5 Å². The quantitative estimate of drug-likeness (QED) is 0.768. The molecule has 0 N–H and O–H groups in total. The second-order valence-electron chi connectivity index (χ2n) is 6.16. The van der Waals surface area contributed by atoms with Crippen LogP contribution in [0.2, 0.25) is 5.02 Å². The number of carbonyl (C=O) groups is 1. The summed E-state index contributed by atoms with van der Waals surface area (Å²) < 4.78 is 23.2. The predicted octanol–water partition coefficient (Wildman–Crippen LogP) is 3.45. The van der Waals surface area contributed by atoms with Crippen molar-refractivity contribution in [2.24, 2.45) is 5.41 Å². The van der Waals surface area contributed by atoms with Crippen molar-refractivity contribution in [1.29, 1.82) is 0 Å². The van der Waals surface area contributed by atoms with Crippen LogP contribution in [0.25, 0.3) is 0 Å². The minimum absolute atomic E-state index is 0.0749. The summed E-state index contributed by atoms with van der Waals surface area (Å²) in [6, 6.07) is 2.80. The van der Waals surface area contributed by atoms with E-state index < -0.39 is 9.05 Å². The van der Waals surface area contributed by atoms with Crippen LogP contribution in [0.15, 0.2) is 17.0 Å². The maximum atomic E-state index is 12.5. The van der Waals surface area contributed by atoms with Gasteiger partial charge in [-0.3, -0.25) is 4.79 Å². The van der Waals surface area contributed by atoms with Gasteiger partial charge in [0.05, 0.1) is 4.90 Å². The van der Waals surface area contributed by atoms with Gasteiger partial charge >= 0.3 is 0 Å². The Balaban J connectivity index is 2.42. The molecule has 0 spiro atoms. The first-order chi connectivity index (χ1) is 9.51. The Kier molecular flexibility index (Phi) is 4.30. The molecule has 0 aromatic heterocycles. The molecular weight excluding hydrogens is 333 g/mol. The van der Waals surface area contributed by atoms with Crippen molar-refractivity contribution < 1.29 is 13.2 Å². The van der Waals surface area contributed by atoms with Crippen LogP contribution < -0.4 is 0 Å². The van der Waals surface area contributed by atoms with E-state index in [0.29, 0.717) is 18.7 Å². The van der Waals surface area contributed by atoms with Gasteiger partial charge in [0, 0.05) is 34.4 Å². The van der Waals surface area contributed by atoms with Crippen molar-refractivity contribution in [1.82, 2.24) is 4.90 Å². The smallest absolute Gasteiger partial charge is 0.261 e. The Labute approximate surface area is 134 Å². The van der Waals surface area contributed by atoms with Crippen molar-refractivity contribution in [2.45, 2.75) is 32.1 Å². The van der Waals surface area contributed by atoms with Gasteiger partial charge in [-0.1, -0.05) is 25.4 Å². The molecule has 2 rings (SSSR count). The van der Waals surface area contributed by atoms with Crippen molar-refractivity contribution >= 4 is 37.2 Å². The second kappa shape index (κ2) is 5.45. The van der Waals surface area contributed by atoms with Gasteiger partial charge in [0.25, 0.3) is 15.0 Å². The fourth-order valence-corrected chi connectivity index (χ4v) is 4.00. The molecule has 1 aromatic rings. The lowest BCUT2D eigenvalue weighted by Crippen LogP contribution is -2.30. The van der Waals surface area contributed by atoms with Crippen molar-refractivity contribution in [3.63, 3.8) is 0 Å². The molecule has 0 aliphatic carbocycles. The van der Waals surface area contributed by atoms with Crippen molar-refractivity contribution in [2.75, 3.05) is 13.1 Å². The van der Waals surface area contributed by atoms with Crippen molar-refractivity contribution in [3.05, 3.63) is 28.3 Å². The van der Waals surface area contributed by atoms with Gasteiger partial charge in [-0.25, -0.2) is 8.42 Å². The number of amides is 1. The fourth-order valence-electron chi connectivity index (χ4n) is 2.50. The lowest BCUT2D eigenvalue weighted by atomic mass is 9.93. The Morgan fingerprint density at radius 2 is 1.95 bits per heavy atom. The number of nitrogens with zero attached hydrogens (tertiary/aromatic N) is 1. The van der Waals surface area contributed by atoms with Gasteiger partial charge in [0.15, 0.2) is 0 Å². The van der Waals surface area contributed by atoms with Gasteiger partial charge in [0.2, 0.25) is 0 Å². The molecule has 0 saturated carbocycles. The van der Waals surface area contributed by atoms with Gasteiger partial charge < -0.3 is 4.90 Å². The van der Waals surface area contributed by atoms with Crippen LogP contribution in [-0.4, -0.2) is 32.3 Å². The monoisotopic (exact) mass is 349 g/mol. The third-order valence-electron chi connectivity index (χ3n) is 3.77. The zero-order chi connectivity index (χ0) is 16.0. The van der Waals surface area contributed by atoms with Crippen LogP contribution in [0.3, 0.4) is 0 Å². The van der Waals surface area contributed by atoms with Gasteiger partial charge in [-0.05, 0) is 36.5 Å². The first-order valence-corrected chi connectivity index (χ1v) is 9.24. The number of likely N-dealkylation sites (tertiary alicyclic amines) is 1. The van der Waals surface area contributed by atoms with E-state index in [9.17, 15) is 13.2 Å². The molecule has 1 fully saturated rings. The predicted molar refractivity (Wildman–Crippen MR) is 83.5 cm³/mol. The highest BCUT2D eigenvalue weighted by Crippen LogP contribution is 2.32. The standard InChI is InChI=1S/C14H17Cl2NO3S/c1-9-11(15)6-10(7-12(9)21(16,19)20)13(18)17-5-4-14(2,3)8-17/h6-7H,4-5,8H2,1-3H3. The molecule has 116 valence electrons. The molecule has 1 aliphatic heterocycles. The van der Waals surface area contributed by atoms with E-state index in [1.54, 1.807) is 11.8 Å². The highest BCUT2D eigenvalue weighted by molar-refractivity contribution is 8.13. The molecule has 1 heterocycles. The third-order valence-corrected chi connectivity index (χ3v) is 5.61. The summed E-state index contributed by atoms with van der Waals surface area (Å²) in [4.78, 5) is 14.1. The summed E-state index contributed by atoms with van der Waals surface area (Å²) in [5, 5.41) is 0.221. The van der Waals surface area contributed by atoms with E-state index in [-0.39, 0.29) is 26.8 Å². The van der Waals surface area contributed by atoms with E-state index in [1.165, 1.54) is 12.1 Å². The molecule has 7 heteroatoms. The molecule has 1 aliphatic rings. The lowest BCUT2D eigenvalue weighted by molar-refractivity contribution is 0.0778. The first kappa shape index (κ1) is 16.6. The van der Waals surface area contributed by atoms with Crippen LogP contribution in [0.1, 0.15) is 36.2 Å². The fraction of sp³-hybridized carbons (Fsp3) is 0.500.